The molecule has 2 aromatic carbocycles. The third-order valence-corrected chi connectivity index (χ3v) is 7.77. The lowest BCUT2D eigenvalue weighted by molar-refractivity contribution is -0.138. The highest BCUT2D eigenvalue weighted by Crippen LogP contribution is 2.41. The molecule has 2 aliphatic rings. The fourth-order valence-corrected chi connectivity index (χ4v) is 5.73. The van der Waals surface area contributed by atoms with Crippen LogP contribution in [0.3, 0.4) is 0 Å². The second-order valence-corrected chi connectivity index (χ2v) is 10.8. The van der Waals surface area contributed by atoms with Crippen LogP contribution in [0.25, 0.3) is 0 Å². The summed E-state index contributed by atoms with van der Waals surface area (Å²) >= 11 is 0. The van der Waals surface area contributed by atoms with E-state index in [1.807, 2.05) is 26.0 Å². The minimum Gasteiger partial charge on any atom is -0.494 e. The first-order valence-corrected chi connectivity index (χ1v) is 14.3. The van der Waals surface area contributed by atoms with Gasteiger partial charge in [0.25, 0.3) is 0 Å². The third-order valence-electron chi connectivity index (χ3n) is 7.77. The summed E-state index contributed by atoms with van der Waals surface area (Å²) in [6.45, 7) is 9.68. The SMILES string of the molecule is CCOc1cc2c(c(F)c1OCC)C(=N)N(CC(=O)c1cc(C(C)C)c(OC)c(N3CCC(CC(=O)O)CC3)c1)C2. The maximum atomic E-state index is 15.5. The van der Waals surface area contributed by atoms with Crippen molar-refractivity contribution in [1.82, 2.24) is 4.90 Å². The molecule has 2 N–H and O–H groups in total. The van der Waals surface area contributed by atoms with Gasteiger partial charge in [-0.05, 0) is 67.9 Å². The van der Waals surface area contributed by atoms with Crippen molar-refractivity contribution >= 4 is 23.3 Å². The Kier molecular flexibility index (Phi) is 9.40. The van der Waals surface area contributed by atoms with Gasteiger partial charge in [-0.3, -0.25) is 15.0 Å². The van der Waals surface area contributed by atoms with Crippen molar-refractivity contribution in [3.8, 4) is 17.2 Å². The number of methoxy groups -OCH3 is 1. The van der Waals surface area contributed by atoms with Crippen LogP contribution in [0.15, 0.2) is 18.2 Å². The zero-order valence-electron chi connectivity index (χ0n) is 24.5. The number of hydrogen-bond donors (Lipinski definition) is 2. The monoisotopic (exact) mass is 569 g/mol. The molecule has 1 saturated heterocycles. The van der Waals surface area contributed by atoms with Crippen molar-refractivity contribution in [2.24, 2.45) is 5.92 Å². The number of carboxylic acids is 1. The largest absolute Gasteiger partial charge is 0.494 e. The number of carboxylic acid groups (broad SMARTS) is 1. The van der Waals surface area contributed by atoms with Crippen molar-refractivity contribution in [3.05, 3.63) is 46.3 Å². The molecule has 2 heterocycles. The van der Waals surface area contributed by atoms with E-state index >= 15 is 4.39 Å². The number of benzene rings is 2. The van der Waals surface area contributed by atoms with E-state index in [9.17, 15) is 14.7 Å². The number of aliphatic carboxylic acids is 1. The van der Waals surface area contributed by atoms with E-state index in [2.05, 4.69) is 4.90 Å². The number of hydrogen-bond acceptors (Lipinski definition) is 7. The minimum absolute atomic E-state index is 0.0143. The van der Waals surface area contributed by atoms with Crippen LogP contribution in [0.4, 0.5) is 10.1 Å². The normalized spacial score (nSPS) is 15.3. The van der Waals surface area contributed by atoms with Gasteiger partial charge in [-0.25, -0.2) is 4.39 Å². The zero-order chi connectivity index (χ0) is 29.8. The molecule has 10 heteroatoms. The van der Waals surface area contributed by atoms with E-state index < -0.39 is 11.8 Å². The smallest absolute Gasteiger partial charge is 0.303 e. The van der Waals surface area contributed by atoms with E-state index in [0.717, 1.165) is 24.1 Å². The molecule has 2 aliphatic heterocycles. The third kappa shape index (κ3) is 6.26. The molecule has 0 amide bonds. The molecular formula is C31H40FN3O6. The highest BCUT2D eigenvalue weighted by Gasteiger charge is 2.34. The lowest BCUT2D eigenvalue weighted by Gasteiger charge is -2.35. The molecule has 9 nitrogen and oxygen atoms in total. The van der Waals surface area contributed by atoms with Gasteiger partial charge in [-0.2, -0.15) is 0 Å². The average molecular weight is 570 g/mol. The van der Waals surface area contributed by atoms with E-state index in [0.29, 0.717) is 42.3 Å². The first-order valence-electron chi connectivity index (χ1n) is 14.3. The Hall–Kier alpha value is -3.82. The number of carbonyl (C=O) groups is 2. The lowest BCUT2D eigenvalue weighted by atomic mass is 9.91. The topological polar surface area (TPSA) is 112 Å². The van der Waals surface area contributed by atoms with Crippen LogP contribution in [0.2, 0.25) is 0 Å². The number of nitrogens with zero attached hydrogens (tertiary/aromatic N) is 2. The van der Waals surface area contributed by atoms with Crippen LogP contribution in [-0.4, -0.2) is 67.6 Å². The number of fused-ring (bicyclic) bond motifs is 1. The molecule has 41 heavy (non-hydrogen) atoms. The number of rotatable bonds is 12. The van der Waals surface area contributed by atoms with Crippen LogP contribution in [0, 0.1) is 17.1 Å². The number of anilines is 1. The molecule has 4 rings (SSSR count). The molecule has 0 aliphatic carbocycles. The van der Waals surface area contributed by atoms with Crippen LogP contribution >= 0.6 is 0 Å². The molecule has 0 unspecified atom stereocenters. The molecule has 2 aromatic rings. The van der Waals surface area contributed by atoms with E-state index in [1.54, 1.807) is 31.9 Å². The summed E-state index contributed by atoms with van der Waals surface area (Å²) in [6, 6.07) is 5.38. The Balaban J connectivity index is 1.60. The maximum absolute atomic E-state index is 15.5. The summed E-state index contributed by atoms with van der Waals surface area (Å²) in [5, 5.41) is 17.9. The Bertz CT molecular complexity index is 1320. The zero-order valence-corrected chi connectivity index (χ0v) is 24.5. The van der Waals surface area contributed by atoms with Crippen LogP contribution in [-0.2, 0) is 11.3 Å². The van der Waals surface area contributed by atoms with Gasteiger partial charge in [-0.15, -0.1) is 0 Å². The number of piperidine rings is 1. The Labute approximate surface area is 240 Å². The molecule has 0 spiro atoms. The van der Waals surface area contributed by atoms with E-state index in [4.69, 9.17) is 19.6 Å². The van der Waals surface area contributed by atoms with Gasteiger partial charge in [0.2, 0.25) is 0 Å². The standard InChI is InChI=1S/C31H40FN3O6/c1-6-40-25-15-21-16-35(31(33)27(21)28(32)30(25)41-7-2)17-24(36)20-13-22(18(3)4)29(39-5)23(14-20)34-10-8-19(9-11-34)12-26(37)38/h13-15,18-19,33H,6-12,16-17H2,1-5H3,(H,37,38). The number of ketones is 1. The fraction of sp³-hybridized carbons (Fsp3) is 0.516. The summed E-state index contributed by atoms with van der Waals surface area (Å²) in [5.41, 5.74) is 2.91. The minimum atomic E-state index is -0.784. The van der Waals surface area contributed by atoms with Crippen LogP contribution in [0.5, 0.6) is 17.2 Å². The van der Waals surface area contributed by atoms with E-state index in [1.165, 1.54) is 0 Å². The van der Waals surface area contributed by atoms with Gasteiger partial charge >= 0.3 is 5.97 Å². The van der Waals surface area contributed by atoms with Gasteiger partial charge in [-0.1, -0.05) is 13.8 Å². The molecular weight excluding hydrogens is 529 g/mol. The Morgan fingerprint density at radius 3 is 2.37 bits per heavy atom. The first-order chi connectivity index (χ1) is 19.6. The number of nitrogens with one attached hydrogen (secondary N) is 1. The van der Waals surface area contributed by atoms with Crippen molar-refractivity contribution in [1.29, 1.82) is 5.41 Å². The predicted octanol–water partition coefficient (Wildman–Crippen LogP) is 5.47. The summed E-state index contributed by atoms with van der Waals surface area (Å²) in [5.74, 6) is -0.487. The van der Waals surface area contributed by atoms with Gasteiger partial charge in [0.15, 0.2) is 23.1 Å². The van der Waals surface area contributed by atoms with Gasteiger partial charge in [0.1, 0.15) is 11.6 Å². The molecule has 0 saturated carbocycles. The summed E-state index contributed by atoms with van der Waals surface area (Å²) < 4.78 is 32.4. The summed E-state index contributed by atoms with van der Waals surface area (Å²) in [7, 11) is 1.62. The second-order valence-electron chi connectivity index (χ2n) is 10.8. The van der Waals surface area contributed by atoms with Crippen molar-refractivity contribution in [2.45, 2.75) is 59.4 Å². The molecule has 0 aromatic heterocycles. The van der Waals surface area contributed by atoms with Crippen molar-refractivity contribution in [3.63, 3.8) is 0 Å². The Morgan fingerprint density at radius 2 is 1.78 bits per heavy atom. The highest BCUT2D eigenvalue weighted by molar-refractivity contribution is 6.06. The fourth-order valence-electron chi connectivity index (χ4n) is 5.73. The quantitative estimate of drug-likeness (QED) is 0.324. The van der Waals surface area contributed by atoms with Crippen LogP contribution in [0.1, 0.15) is 79.9 Å². The molecule has 0 bridgehead atoms. The number of ether oxygens (including phenoxy) is 3. The van der Waals surface area contributed by atoms with Crippen molar-refractivity contribution in [2.75, 3.05) is 44.9 Å². The molecule has 1 fully saturated rings. The Morgan fingerprint density at radius 1 is 1.10 bits per heavy atom. The predicted molar refractivity (Wildman–Crippen MR) is 155 cm³/mol. The molecule has 0 atom stereocenters. The van der Waals surface area contributed by atoms with Crippen molar-refractivity contribution < 1.29 is 33.3 Å². The summed E-state index contributed by atoms with van der Waals surface area (Å²) in [6.07, 6.45) is 1.64. The second kappa shape index (κ2) is 12.8. The van der Waals surface area contributed by atoms with Crippen LogP contribution < -0.4 is 19.1 Å². The number of halogens is 1. The number of Topliss-reactive ketones (excluding diaryl/α,β-unsaturated/α-hetero) is 1. The van der Waals surface area contributed by atoms with Gasteiger partial charge in [0, 0.05) is 31.6 Å². The van der Waals surface area contributed by atoms with E-state index in [-0.39, 0.29) is 60.9 Å². The number of amidine groups is 1. The van der Waals surface area contributed by atoms with Gasteiger partial charge in [0.05, 0.1) is 38.1 Å². The summed E-state index contributed by atoms with van der Waals surface area (Å²) in [4.78, 5) is 28.6. The molecule has 0 radical (unpaired) electrons. The highest BCUT2D eigenvalue weighted by atomic mass is 19.1. The van der Waals surface area contributed by atoms with Gasteiger partial charge < -0.3 is 29.1 Å². The maximum Gasteiger partial charge on any atom is 0.303 e. The lowest BCUT2D eigenvalue weighted by Crippen LogP contribution is -2.35. The average Bonchev–Trinajstić information content (AvgIpc) is 3.24. The molecule has 222 valence electrons. The number of carbonyl (C=O) groups excluding carboxylic acids is 1. The first kappa shape index (κ1) is 30.1.